The maximum atomic E-state index is 14.6. The zero-order chi connectivity index (χ0) is 18.9. The maximum absolute atomic E-state index is 14.6. The zero-order valence-electron chi connectivity index (χ0n) is 15.9. The molecule has 0 radical (unpaired) electrons. The summed E-state index contributed by atoms with van der Waals surface area (Å²) >= 11 is 0. The van der Waals surface area contributed by atoms with Crippen LogP contribution in [-0.4, -0.2) is 16.2 Å². The van der Waals surface area contributed by atoms with Crippen molar-refractivity contribution in [3.8, 4) is 0 Å². The normalized spacial score (nSPS) is 18.7. The third-order valence-corrected chi connectivity index (χ3v) is 4.79. The number of H-pyrrole nitrogens is 1. The Morgan fingerprint density at radius 1 is 1.23 bits per heavy atom. The summed E-state index contributed by atoms with van der Waals surface area (Å²) in [5, 5.41) is 12.8. The van der Waals surface area contributed by atoms with Crippen LogP contribution in [-0.2, 0) is 6.42 Å². The molecule has 2 rings (SSSR count). The van der Waals surface area contributed by atoms with Crippen molar-refractivity contribution < 1.29 is 4.39 Å². The Hall–Kier alpha value is -2.36. The number of aromatic nitrogens is 2. The Labute approximate surface area is 155 Å². The standard InChI is InChI=1S/C22H30FN3/c1-5-7-12-16(3)19(23)15-21-22(20(11-6-2)25-26-21)17(4)24-18-13-9-8-10-14-18/h5-7,11-12,18,24-25H,1-2,8-10,13-15H2,3-4H3/b12-7-,19-16+,20-11+,22-17-. The zero-order valence-corrected chi connectivity index (χ0v) is 15.9. The molecule has 1 aliphatic rings. The summed E-state index contributed by atoms with van der Waals surface area (Å²) < 4.78 is 14.6. The number of nitrogens with zero attached hydrogens (tertiary/aromatic N) is 1. The van der Waals surface area contributed by atoms with E-state index < -0.39 is 0 Å². The van der Waals surface area contributed by atoms with Gasteiger partial charge in [0.05, 0.1) is 11.0 Å². The molecule has 0 bridgehead atoms. The van der Waals surface area contributed by atoms with E-state index in [0.29, 0.717) is 17.3 Å². The Bertz CT molecular complexity index is 805. The molecule has 1 heterocycles. The van der Waals surface area contributed by atoms with Crippen LogP contribution in [0.5, 0.6) is 0 Å². The summed E-state index contributed by atoms with van der Waals surface area (Å²) in [4.78, 5) is 0. The van der Waals surface area contributed by atoms with Gasteiger partial charge >= 0.3 is 0 Å². The molecule has 2 N–H and O–H groups in total. The van der Waals surface area contributed by atoms with Gasteiger partial charge < -0.3 is 5.32 Å². The highest BCUT2D eigenvalue weighted by molar-refractivity contribution is 5.45. The van der Waals surface area contributed by atoms with Crippen LogP contribution in [0.25, 0.3) is 11.8 Å². The average molecular weight is 356 g/mol. The second-order valence-corrected chi connectivity index (χ2v) is 6.83. The largest absolute Gasteiger partial charge is 0.385 e. The Kier molecular flexibility index (Phi) is 7.64. The molecule has 1 saturated carbocycles. The molecule has 0 amide bonds. The van der Waals surface area contributed by atoms with Crippen LogP contribution in [0.3, 0.4) is 0 Å². The van der Waals surface area contributed by atoms with Gasteiger partial charge in [-0.3, -0.25) is 5.10 Å². The smallest absolute Gasteiger partial charge is 0.109 e. The predicted octanol–water partition coefficient (Wildman–Crippen LogP) is 3.95. The van der Waals surface area contributed by atoms with E-state index in [1.807, 2.05) is 6.08 Å². The lowest BCUT2D eigenvalue weighted by molar-refractivity contribution is 0.407. The van der Waals surface area contributed by atoms with Gasteiger partial charge in [0, 0.05) is 23.4 Å². The van der Waals surface area contributed by atoms with E-state index in [1.54, 1.807) is 31.2 Å². The number of allylic oxidation sites excluding steroid dienone is 6. The summed E-state index contributed by atoms with van der Waals surface area (Å²) in [6, 6.07) is 0.487. The van der Waals surface area contributed by atoms with Crippen molar-refractivity contribution in [2.45, 2.75) is 58.4 Å². The van der Waals surface area contributed by atoms with Gasteiger partial charge in [0.15, 0.2) is 0 Å². The summed E-state index contributed by atoms with van der Waals surface area (Å²) in [6.45, 7) is 11.2. The van der Waals surface area contributed by atoms with Gasteiger partial charge in [-0.25, -0.2) is 4.39 Å². The third kappa shape index (κ3) is 5.32. The lowest BCUT2D eigenvalue weighted by Crippen LogP contribution is -2.37. The highest BCUT2D eigenvalue weighted by Gasteiger charge is 2.15. The number of rotatable bonds is 7. The second-order valence-electron chi connectivity index (χ2n) is 6.83. The average Bonchev–Trinajstić information content (AvgIpc) is 3.03. The van der Waals surface area contributed by atoms with Gasteiger partial charge in [0.25, 0.3) is 0 Å². The van der Waals surface area contributed by atoms with Gasteiger partial charge in [0.2, 0.25) is 0 Å². The van der Waals surface area contributed by atoms with Crippen molar-refractivity contribution in [2.75, 3.05) is 0 Å². The minimum atomic E-state index is -0.188. The summed E-state index contributed by atoms with van der Waals surface area (Å²) in [6.07, 6.45) is 15.1. The SMILES string of the molecule is C=C/C=C\C(C)=C(\F)Cc1n[nH]c(=C/C=C)/c1=C(\C)NC1CCCCC1. The Morgan fingerprint density at radius 3 is 2.62 bits per heavy atom. The van der Waals surface area contributed by atoms with Crippen LogP contribution in [0.1, 0.15) is 51.6 Å². The van der Waals surface area contributed by atoms with Crippen molar-refractivity contribution in [3.05, 3.63) is 65.1 Å². The highest BCUT2D eigenvalue weighted by atomic mass is 19.1. The fourth-order valence-electron chi connectivity index (χ4n) is 3.39. The quantitative estimate of drug-likeness (QED) is 0.727. The fourth-order valence-corrected chi connectivity index (χ4v) is 3.39. The molecule has 140 valence electrons. The van der Waals surface area contributed by atoms with E-state index in [4.69, 9.17) is 0 Å². The number of hydrogen-bond donors (Lipinski definition) is 2. The van der Waals surface area contributed by atoms with Crippen molar-refractivity contribution in [1.82, 2.24) is 15.5 Å². The first kappa shape index (κ1) is 20.0. The molecule has 26 heavy (non-hydrogen) atoms. The van der Waals surface area contributed by atoms with Gasteiger partial charge in [-0.1, -0.05) is 56.7 Å². The first-order valence-electron chi connectivity index (χ1n) is 9.34. The van der Waals surface area contributed by atoms with E-state index in [9.17, 15) is 4.39 Å². The van der Waals surface area contributed by atoms with E-state index in [1.165, 1.54) is 32.1 Å². The van der Waals surface area contributed by atoms with Crippen molar-refractivity contribution in [1.29, 1.82) is 0 Å². The fraction of sp³-hybridized carbons (Fsp3) is 0.409. The van der Waals surface area contributed by atoms with E-state index in [-0.39, 0.29) is 12.2 Å². The number of aromatic amines is 1. The molecule has 0 aromatic carbocycles. The second kappa shape index (κ2) is 9.95. The molecule has 1 aromatic rings. The number of nitrogens with one attached hydrogen (secondary N) is 2. The van der Waals surface area contributed by atoms with Crippen LogP contribution >= 0.6 is 0 Å². The molecule has 0 atom stereocenters. The molecule has 0 spiro atoms. The van der Waals surface area contributed by atoms with Crippen LogP contribution < -0.4 is 15.9 Å². The molecule has 1 fully saturated rings. The topological polar surface area (TPSA) is 40.7 Å². The summed E-state index contributed by atoms with van der Waals surface area (Å²) in [7, 11) is 0. The Balaban J connectivity index is 2.40. The molecule has 0 aliphatic heterocycles. The number of halogens is 1. The van der Waals surface area contributed by atoms with Gasteiger partial charge in [-0.15, -0.1) is 0 Å². The lowest BCUT2D eigenvalue weighted by Gasteiger charge is -2.24. The highest BCUT2D eigenvalue weighted by Crippen LogP contribution is 2.18. The lowest BCUT2D eigenvalue weighted by atomic mass is 9.95. The molecule has 0 unspecified atom stereocenters. The molecule has 1 aromatic heterocycles. The molecule has 0 saturated heterocycles. The van der Waals surface area contributed by atoms with Crippen molar-refractivity contribution in [2.24, 2.45) is 0 Å². The monoisotopic (exact) mass is 355 g/mol. The van der Waals surface area contributed by atoms with Crippen molar-refractivity contribution >= 4 is 11.8 Å². The Morgan fingerprint density at radius 2 is 1.96 bits per heavy atom. The molecule has 4 heteroatoms. The van der Waals surface area contributed by atoms with Crippen molar-refractivity contribution in [3.63, 3.8) is 0 Å². The van der Waals surface area contributed by atoms with Gasteiger partial charge in [-0.2, -0.15) is 5.10 Å². The minimum absolute atomic E-state index is 0.161. The number of hydrogen-bond acceptors (Lipinski definition) is 2. The van der Waals surface area contributed by atoms with Crippen LogP contribution in [0, 0.1) is 0 Å². The molecule has 1 aliphatic carbocycles. The van der Waals surface area contributed by atoms with E-state index in [0.717, 1.165) is 16.3 Å². The van der Waals surface area contributed by atoms with Crippen LogP contribution in [0.2, 0.25) is 0 Å². The third-order valence-electron chi connectivity index (χ3n) is 4.79. The van der Waals surface area contributed by atoms with E-state index in [2.05, 4.69) is 35.6 Å². The first-order valence-corrected chi connectivity index (χ1v) is 9.34. The van der Waals surface area contributed by atoms with Crippen LogP contribution in [0.15, 0.2) is 48.9 Å². The maximum Gasteiger partial charge on any atom is 0.109 e. The minimum Gasteiger partial charge on any atom is -0.385 e. The first-order chi connectivity index (χ1) is 12.6. The van der Waals surface area contributed by atoms with Crippen LogP contribution in [0.4, 0.5) is 4.39 Å². The predicted molar refractivity (Wildman–Crippen MR) is 108 cm³/mol. The van der Waals surface area contributed by atoms with E-state index >= 15 is 0 Å². The molecular formula is C22H30FN3. The van der Waals surface area contributed by atoms with Gasteiger partial charge in [-0.05, 0) is 38.3 Å². The summed E-state index contributed by atoms with van der Waals surface area (Å²) in [5.41, 5.74) is 2.34. The molecular weight excluding hydrogens is 325 g/mol. The summed E-state index contributed by atoms with van der Waals surface area (Å²) in [5.74, 6) is -0.188. The van der Waals surface area contributed by atoms with Gasteiger partial charge in [0.1, 0.15) is 5.83 Å². The molecule has 3 nitrogen and oxygen atoms in total.